The van der Waals surface area contributed by atoms with Crippen molar-refractivity contribution in [1.82, 2.24) is 4.98 Å². The number of hydrogen-bond donors (Lipinski definition) is 1. The number of rotatable bonds is 6. The Labute approximate surface area is 181 Å². The van der Waals surface area contributed by atoms with Gasteiger partial charge in [0.2, 0.25) is 0 Å². The van der Waals surface area contributed by atoms with E-state index in [1.165, 1.54) is 21.5 Å². The second kappa shape index (κ2) is 8.42. The van der Waals surface area contributed by atoms with Gasteiger partial charge in [-0.1, -0.05) is 65.4 Å². The van der Waals surface area contributed by atoms with Crippen molar-refractivity contribution in [2.75, 3.05) is 17.7 Å². The van der Waals surface area contributed by atoms with Crippen LogP contribution in [0.2, 0.25) is 0 Å². The van der Waals surface area contributed by atoms with Crippen LogP contribution in [0.15, 0.2) is 84.0 Å². The number of nitrogens with one attached hydrogen (secondary N) is 1. The van der Waals surface area contributed by atoms with Gasteiger partial charge in [-0.15, -0.1) is 0 Å². The number of hydrogen-bond acceptors (Lipinski definition) is 5. The van der Waals surface area contributed by atoms with Crippen molar-refractivity contribution in [3.63, 3.8) is 0 Å². The molecule has 6 heteroatoms. The van der Waals surface area contributed by atoms with Crippen molar-refractivity contribution in [3.8, 4) is 0 Å². The maximum Gasteiger partial charge on any atom is 0.411 e. The molecular weight excluding hydrogens is 412 g/mol. The van der Waals surface area contributed by atoms with E-state index in [1.54, 1.807) is 27.8 Å². The summed E-state index contributed by atoms with van der Waals surface area (Å²) in [6.45, 7) is 0.335. The number of carbonyl (C=O) groups is 1. The van der Waals surface area contributed by atoms with Crippen molar-refractivity contribution >= 4 is 65.7 Å². The standard InChI is InChI=1S/C24H18N2O2S2/c27-24(28-14-15-29-30-21-6-1-2-13-25-21)26-20-12-10-18-8-7-16-4-3-5-17-9-11-19(20)23(18)22(16)17/h1-13H,14-15H2,(H,26,27). The molecule has 0 aliphatic rings. The molecule has 0 spiro atoms. The van der Waals surface area contributed by atoms with Crippen LogP contribution >= 0.6 is 21.6 Å². The third kappa shape index (κ3) is 3.76. The van der Waals surface area contributed by atoms with E-state index in [0.717, 1.165) is 21.5 Å². The highest BCUT2D eigenvalue weighted by atomic mass is 33.1. The Balaban J connectivity index is 1.27. The number of ether oxygens (including phenoxy) is 1. The minimum absolute atomic E-state index is 0.335. The molecule has 0 unspecified atom stereocenters. The first-order valence-electron chi connectivity index (χ1n) is 9.60. The molecule has 1 aromatic heterocycles. The van der Waals surface area contributed by atoms with Gasteiger partial charge in [-0.05, 0) is 55.9 Å². The van der Waals surface area contributed by atoms with Crippen LogP contribution in [0.1, 0.15) is 0 Å². The van der Waals surface area contributed by atoms with Crippen LogP contribution in [-0.4, -0.2) is 23.4 Å². The van der Waals surface area contributed by atoms with Crippen molar-refractivity contribution in [1.29, 1.82) is 0 Å². The monoisotopic (exact) mass is 430 g/mol. The Morgan fingerprint density at radius 1 is 0.867 bits per heavy atom. The van der Waals surface area contributed by atoms with Crippen LogP contribution in [0.3, 0.4) is 0 Å². The third-order valence-corrected chi connectivity index (χ3v) is 7.18. The fourth-order valence-corrected chi connectivity index (χ4v) is 5.36. The average Bonchev–Trinajstić information content (AvgIpc) is 2.79. The zero-order chi connectivity index (χ0) is 20.3. The molecular formula is C24H18N2O2S2. The van der Waals surface area contributed by atoms with E-state index in [9.17, 15) is 4.79 Å². The molecule has 1 N–H and O–H groups in total. The molecule has 1 amide bonds. The van der Waals surface area contributed by atoms with Gasteiger partial charge >= 0.3 is 6.09 Å². The van der Waals surface area contributed by atoms with E-state index >= 15 is 0 Å². The SMILES string of the molecule is O=C(Nc1ccc2ccc3cccc4ccc1c2c34)OCCSSc1ccccn1. The Kier molecular flexibility index (Phi) is 5.34. The molecule has 0 bridgehead atoms. The van der Waals surface area contributed by atoms with Gasteiger partial charge in [0.15, 0.2) is 0 Å². The second-order valence-corrected chi connectivity index (χ2v) is 9.24. The molecule has 0 fully saturated rings. The van der Waals surface area contributed by atoms with Gasteiger partial charge in [0.1, 0.15) is 11.6 Å². The van der Waals surface area contributed by atoms with E-state index < -0.39 is 6.09 Å². The number of pyridine rings is 1. The summed E-state index contributed by atoms with van der Waals surface area (Å²) in [5, 5.41) is 10.8. The lowest BCUT2D eigenvalue weighted by Crippen LogP contribution is -2.15. The van der Waals surface area contributed by atoms with Crippen LogP contribution in [0.4, 0.5) is 10.5 Å². The Morgan fingerprint density at radius 3 is 2.43 bits per heavy atom. The Hall–Kier alpha value is -2.96. The van der Waals surface area contributed by atoms with E-state index in [0.29, 0.717) is 12.4 Å². The highest BCUT2D eigenvalue weighted by Gasteiger charge is 2.12. The molecule has 0 saturated heterocycles. The van der Waals surface area contributed by atoms with Gasteiger partial charge in [0.05, 0.1) is 5.69 Å². The third-order valence-electron chi connectivity index (χ3n) is 4.95. The largest absolute Gasteiger partial charge is 0.448 e. The summed E-state index contributed by atoms with van der Waals surface area (Å²) >= 11 is 0. The smallest absolute Gasteiger partial charge is 0.411 e. The van der Waals surface area contributed by atoms with Gasteiger partial charge < -0.3 is 4.74 Å². The lowest BCUT2D eigenvalue weighted by molar-refractivity contribution is 0.169. The highest BCUT2D eigenvalue weighted by Crippen LogP contribution is 2.37. The lowest BCUT2D eigenvalue weighted by Gasteiger charge is -2.14. The molecule has 5 aromatic rings. The van der Waals surface area contributed by atoms with Crippen molar-refractivity contribution in [2.24, 2.45) is 0 Å². The fraction of sp³-hybridized carbons (Fsp3) is 0.0833. The zero-order valence-corrected chi connectivity index (χ0v) is 17.6. The average molecular weight is 431 g/mol. The first-order chi connectivity index (χ1) is 14.8. The van der Waals surface area contributed by atoms with Crippen LogP contribution in [0.25, 0.3) is 32.3 Å². The van der Waals surface area contributed by atoms with Crippen molar-refractivity contribution in [3.05, 3.63) is 79.0 Å². The topological polar surface area (TPSA) is 51.2 Å². The molecule has 148 valence electrons. The molecule has 0 aliphatic carbocycles. The van der Waals surface area contributed by atoms with E-state index in [1.807, 2.05) is 30.3 Å². The number of aromatic nitrogens is 1. The zero-order valence-electron chi connectivity index (χ0n) is 16.0. The molecule has 0 saturated carbocycles. The van der Waals surface area contributed by atoms with E-state index in [-0.39, 0.29) is 0 Å². The predicted molar refractivity (Wildman–Crippen MR) is 128 cm³/mol. The first kappa shape index (κ1) is 19.0. The minimum atomic E-state index is -0.437. The van der Waals surface area contributed by atoms with Gasteiger partial charge in [0.25, 0.3) is 0 Å². The minimum Gasteiger partial charge on any atom is -0.448 e. The first-order valence-corrected chi connectivity index (χ1v) is 11.9. The number of benzene rings is 4. The van der Waals surface area contributed by atoms with Crippen LogP contribution in [-0.2, 0) is 4.74 Å². The number of amides is 1. The molecule has 0 aliphatic heterocycles. The lowest BCUT2D eigenvalue weighted by atomic mass is 9.93. The predicted octanol–water partition coefficient (Wildman–Crippen LogP) is 6.97. The highest BCUT2D eigenvalue weighted by molar-refractivity contribution is 8.76. The summed E-state index contributed by atoms with van der Waals surface area (Å²) in [6, 6.07) is 24.5. The van der Waals surface area contributed by atoms with E-state index in [4.69, 9.17) is 4.74 Å². The number of carbonyl (C=O) groups excluding carboxylic acids is 1. The molecule has 0 atom stereocenters. The van der Waals surface area contributed by atoms with Gasteiger partial charge in [0, 0.05) is 17.3 Å². The van der Waals surface area contributed by atoms with Crippen LogP contribution in [0, 0.1) is 0 Å². The van der Waals surface area contributed by atoms with E-state index in [2.05, 4.69) is 52.8 Å². The second-order valence-electron chi connectivity index (χ2n) is 6.80. The summed E-state index contributed by atoms with van der Waals surface area (Å²) in [4.78, 5) is 16.6. The van der Waals surface area contributed by atoms with Gasteiger partial charge in [-0.2, -0.15) is 0 Å². The van der Waals surface area contributed by atoms with Gasteiger partial charge in [-0.25, -0.2) is 9.78 Å². The van der Waals surface area contributed by atoms with Crippen molar-refractivity contribution in [2.45, 2.75) is 5.03 Å². The Bertz CT molecular complexity index is 1310. The maximum atomic E-state index is 12.3. The van der Waals surface area contributed by atoms with Crippen LogP contribution in [0.5, 0.6) is 0 Å². The maximum absolute atomic E-state index is 12.3. The normalized spacial score (nSPS) is 11.3. The number of nitrogens with zero attached hydrogens (tertiary/aromatic N) is 1. The van der Waals surface area contributed by atoms with Crippen molar-refractivity contribution < 1.29 is 9.53 Å². The quantitative estimate of drug-likeness (QED) is 0.179. The fourth-order valence-electron chi connectivity index (χ4n) is 3.66. The molecule has 0 radical (unpaired) electrons. The summed E-state index contributed by atoms with van der Waals surface area (Å²) in [7, 11) is 3.19. The van der Waals surface area contributed by atoms with Crippen LogP contribution < -0.4 is 5.32 Å². The number of anilines is 1. The molecule has 4 nitrogen and oxygen atoms in total. The molecule has 4 aromatic carbocycles. The summed E-state index contributed by atoms with van der Waals surface area (Å²) < 4.78 is 5.37. The summed E-state index contributed by atoms with van der Waals surface area (Å²) in [6.07, 6.45) is 1.33. The Morgan fingerprint density at radius 2 is 1.63 bits per heavy atom. The van der Waals surface area contributed by atoms with Gasteiger partial charge in [-0.3, -0.25) is 5.32 Å². The molecule has 30 heavy (non-hydrogen) atoms. The molecule has 5 rings (SSSR count). The summed E-state index contributed by atoms with van der Waals surface area (Å²) in [5.74, 6) is 0.688. The molecule has 1 heterocycles. The summed E-state index contributed by atoms with van der Waals surface area (Å²) in [5.41, 5.74) is 0.765.